The molecule has 0 radical (unpaired) electrons. The van der Waals surface area contributed by atoms with E-state index in [1.807, 2.05) is 0 Å². The molecule has 0 spiro atoms. The highest BCUT2D eigenvalue weighted by molar-refractivity contribution is 5.85. The van der Waals surface area contributed by atoms with Gasteiger partial charge >= 0.3 is 0 Å². The van der Waals surface area contributed by atoms with Crippen molar-refractivity contribution in [1.29, 1.82) is 0 Å². The molecular weight excluding hydrogens is 230 g/mol. The Balaban J connectivity index is 0.00000108. The summed E-state index contributed by atoms with van der Waals surface area (Å²) >= 11 is 0. The summed E-state index contributed by atoms with van der Waals surface area (Å²) in [5.41, 5.74) is 1.44. The summed E-state index contributed by atoms with van der Waals surface area (Å²) in [7, 11) is 0. The largest absolute Gasteiger partial charge is 0.310 e. The van der Waals surface area contributed by atoms with Crippen molar-refractivity contribution in [2.24, 2.45) is 0 Å². The molecule has 1 aliphatic heterocycles. The second kappa shape index (κ2) is 5.52. The third kappa shape index (κ3) is 2.62. The fourth-order valence-corrected chi connectivity index (χ4v) is 2.56. The van der Waals surface area contributed by atoms with E-state index in [1.54, 1.807) is 0 Å². The van der Waals surface area contributed by atoms with Crippen LogP contribution < -0.4 is 5.32 Å². The Hall–Kier alpha value is -1.05. The van der Waals surface area contributed by atoms with Crippen LogP contribution in [0.2, 0.25) is 0 Å². The van der Waals surface area contributed by atoms with E-state index in [-0.39, 0.29) is 12.4 Å². The molecule has 3 rings (SSSR count). The van der Waals surface area contributed by atoms with Crippen LogP contribution in [0.5, 0.6) is 0 Å². The normalized spacial score (nSPS) is 19.9. The SMILES string of the molecule is Cl.c1ccc2cc([C@@H]3CCCCN3)ccc2c1. The highest BCUT2D eigenvalue weighted by Gasteiger charge is 2.14. The number of halogens is 1. The number of hydrogen-bond donors (Lipinski definition) is 1. The second-order valence-corrected chi connectivity index (χ2v) is 4.61. The smallest absolute Gasteiger partial charge is 0.0320 e. The van der Waals surface area contributed by atoms with Gasteiger partial charge in [0.2, 0.25) is 0 Å². The van der Waals surface area contributed by atoms with Crippen molar-refractivity contribution >= 4 is 23.2 Å². The molecule has 1 heterocycles. The van der Waals surface area contributed by atoms with Crippen LogP contribution in [0.3, 0.4) is 0 Å². The molecule has 0 bridgehead atoms. The average molecular weight is 248 g/mol. The molecule has 0 aromatic heterocycles. The molecule has 0 amide bonds. The van der Waals surface area contributed by atoms with E-state index in [0.717, 1.165) is 6.54 Å². The molecule has 1 fully saturated rings. The quantitative estimate of drug-likeness (QED) is 0.801. The molecule has 1 atom stereocenters. The van der Waals surface area contributed by atoms with Gasteiger partial charge in [-0.2, -0.15) is 0 Å². The first-order chi connectivity index (χ1) is 7.93. The molecule has 2 aromatic rings. The van der Waals surface area contributed by atoms with Crippen LogP contribution in [0.1, 0.15) is 30.9 Å². The van der Waals surface area contributed by atoms with E-state index in [9.17, 15) is 0 Å². The van der Waals surface area contributed by atoms with Gasteiger partial charge in [-0.15, -0.1) is 12.4 Å². The lowest BCUT2D eigenvalue weighted by Gasteiger charge is -2.24. The first-order valence-electron chi connectivity index (χ1n) is 6.15. The van der Waals surface area contributed by atoms with Gasteiger partial charge in [0.05, 0.1) is 0 Å². The lowest BCUT2D eigenvalue weighted by Crippen LogP contribution is -2.26. The zero-order valence-electron chi connectivity index (χ0n) is 9.86. The molecule has 1 nitrogen and oxygen atoms in total. The van der Waals surface area contributed by atoms with Crippen molar-refractivity contribution in [2.75, 3.05) is 6.54 Å². The Morgan fingerprint density at radius 3 is 2.53 bits per heavy atom. The summed E-state index contributed by atoms with van der Waals surface area (Å²) in [4.78, 5) is 0. The third-order valence-electron chi connectivity index (χ3n) is 3.49. The summed E-state index contributed by atoms with van der Waals surface area (Å²) in [5, 5.41) is 6.29. The monoisotopic (exact) mass is 247 g/mol. The van der Waals surface area contributed by atoms with Gasteiger partial charge in [0.1, 0.15) is 0 Å². The van der Waals surface area contributed by atoms with E-state index in [2.05, 4.69) is 47.8 Å². The summed E-state index contributed by atoms with van der Waals surface area (Å²) in [5.74, 6) is 0. The van der Waals surface area contributed by atoms with Crippen molar-refractivity contribution in [3.8, 4) is 0 Å². The zero-order valence-corrected chi connectivity index (χ0v) is 10.7. The van der Waals surface area contributed by atoms with Gasteiger partial charge in [0.25, 0.3) is 0 Å². The Bertz CT molecular complexity index is 489. The molecule has 1 aliphatic rings. The highest BCUT2D eigenvalue weighted by atomic mass is 35.5. The fraction of sp³-hybridized carbons (Fsp3) is 0.333. The molecule has 1 N–H and O–H groups in total. The zero-order chi connectivity index (χ0) is 10.8. The van der Waals surface area contributed by atoms with Gasteiger partial charge in [-0.25, -0.2) is 0 Å². The van der Waals surface area contributed by atoms with Crippen molar-refractivity contribution in [3.05, 3.63) is 48.0 Å². The maximum atomic E-state index is 3.60. The highest BCUT2D eigenvalue weighted by Crippen LogP contribution is 2.25. The summed E-state index contributed by atoms with van der Waals surface area (Å²) in [6.45, 7) is 1.16. The number of rotatable bonds is 1. The second-order valence-electron chi connectivity index (χ2n) is 4.61. The van der Waals surface area contributed by atoms with Gasteiger partial charge in [-0.3, -0.25) is 0 Å². The molecule has 0 unspecified atom stereocenters. The first-order valence-corrected chi connectivity index (χ1v) is 6.15. The van der Waals surface area contributed by atoms with Gasteiger partial charge < -0.3 is 5.32 Å². The lowest BCUT2D eigenvalue weighted by molar-refractivity contribution is 0.412. The molecule has 0 aliphatic carbocycles. The number of nitrogens with one attached hydrogen (secondary N) is 1. The topological polar surface area (TPSA) is 12.0 Å². The van der Waals surface area contributed by atoms with Crippen LogP contribution in [0.25, 0.3) is 10.8 Å². The molecular formula is C15H18ClN. The molecule has 2 heteroatoms. The third-order valence-corrected chi connectivity index (χ3v) is 3.49. The van der Waals surface area contributed by atoms with Crippen LogP contribution in [0.4, 0.5) is 0 Å². The maximum absolute atomic E-state index is 3.60. The van der Waals surface area contributed by atoms with Gasteiger partial charge in [0.15, 0.2) is 0 Å². The average Bonchev–Trinajstić information content (AvgIpc) is 2.39. The van der Waals surface area contributed by atoms with E-state index in [1.165, 1.54) is 35.6 Å². The minimum Gasteiger partial charge on any atom is -0.310 e. The number of hydrogen-bond acceptors (Lipinski definition) is 1. The number of piperidine rings is 1. The van der Waals surface area contributed by atoms with Crippen LogP contribution in [-0.4, -0.2) is 6.54 Å². The van der Waals surface area contributed by atoms with E-state index < -0.39 is 0 Å². The molecule has 2 aromatic carbocycles. The number of fused-ring (bicyclic) bond motifs is 1. The standard InChI is InChI=1S/C15H17N.ClH/c1-2-6-13-11-14(9-8-12(13)5-1)15-7-3-4-10-16-15;/h1-2,5-6,8-9,11,15-16H,3-4,7,10H2;1H/t15-;/m0./s1. The van der Waals surface area contributed by atoms with Crippen LogP contribution in [0, 0.1) is 0 Å². The van der Waals surface area contributed by atoms with Crippen LogP contribution in [-0.2, 0) is 0 Å². The molecule has 90 valence electrons. The Morgan fingerprint density at radius 1 is 0.941 bits per heavy atom. The lowest BCUT2D eigenvalue weighted by atomic mass is 9.95. The molecule has 0 saturated carbocycles. The van der Waals surface area contributed by atoms with E-state index in [0.29, 0.717) is 6.04 Å². The van der Waals surface area contributed by atoms with Crippen LogP contribution in [0.15, 0.2) is 42.5 Å². The maximum Gasteiger partial charge on any atom is 0.0320 e. The summed E-state index contributed by atoms with van der Waals surface area (Å²) < 4.78 is 0. The predicted octanol–water partition coefficient (Wildman–Crippen LogP) is 4.08. The molecule has 1 saturated heterocycles. The van der Waals surface area contributed by atoms with Crippen LogP contribution >= 0.6 is 12.4 Å². The van der Waals surface area contributed by atoms with Crippen molar-refractivity contribution in [3.63, 3.8) is 0 Å². The number of benzene rings is 2. The van der Waals surface area contributed by atoms with Crippen molar-refractivity contribution in [2.45, 2.75) is 25.3 Å². The van der Waals surface area contributed by atoms with E-state index in [4.69, 9.17) is 0 Å². The van der Waals surface area contributed by atoms with Crippen molar-refractivity contribution < 1.29 is 0 Å². The Kier molecular flexibility index (Phi) is 4.03. The predicted molar refractivity (Wildman–Crippen MR) is 75.8 cm³/mol. The van der Waals surface area contributed by atoms with E-state index >= 15 is 0 Å². The summed E-state index contributed by atoms with van der Waals surface area (Å²) in [6.07, 6.45) is 3.95. The van der Waals surface area contributed by atoms with Gasteiger partial charge in [-0.05, 0) is 41.8 Å². The Morgan fingerprint density at radius 2 is 1.76 bits per heavy atom. The van der Waals surface area contributed by atoms with Gasteiger partial charge in [0, 0.05) is 6.04 Å². The summed E-state index contributed by atoms with van der Waals surface area (Å²) in [6, 6.07) is 16.0. The minimum atomic E-state index is 0. The molecule has 17 heavy (non-hydrogen) atoms. The minimum absolute atomic E-state index is 0. The first kappa shape index (κ1) is 12.4. The van der Waals surface area contributed by atoms with Gasteiger partial charge in [-0.1, -0.05) is 42.8 Å². The Labute approximate surface area is 109 Å². The fourth-order valence-electron chi connectivity index (χ4n) is 2.56. The van der Waals surface area contributed by atoms with Crippen molar-refractivity contribution in [1.82, 2.24) is 5.32 Å².